The van der Waals surface area contributed by atoms with Crippen molar-refractivity contribution in [1.82, 2.24) is 15.0 Å². The van der Waals surface area contributed by atoms with E-state index in [4.69, 9.17) is 11.5 Å². The van der Waals surface area contributed by atoms with Gasteiger partial charge in [-0.25, -0.2) is 9.97 Å². The lowest BCUT2D eigenvalue weighted by Gasteiger charge is -2.20. The first-order valence-corrected chi connectivity index (χ1v) is 9.36. The summed E-state index contributed by atoms with van der Waals surface area (Å²) < 4.78 is 0. The van der Waals surface area contributed by atoms with Crippen molar-refractivity contribution >= 4 is 29.1 Å². The van der Waals surface area contributed by atoms with Gasteiger partial charge in [0.1, 0.15) is 11.9 Å². The highest BCUT2D eigenvalue weighted by Gasteiger charge is 2.21. The van der Waals surface area contributed by atoms with E-state index in [1.54, 1.807) is 6.20 Å². The number of benzene rings is 1. The van der Waals surface area contributed by atoms with Crippen molar-refractivity contribution in [2.75, 3.05) is 10.6 Å². The fourth-order valence-electron chi connectivity index (χ4n) is 2.85. The average molecular weight is 405 g/mol. The number of nitrogens with zero attached hydrogens (tertiary/aromatic N) is 3. The van der Waals surface area contributed by atoms with Gasteiger partial charge in [0.15, 0.2) is 11.5 Å². The molecule has 6 N–H and O–H groups in total. The van der Waals surface area contributed by atoms with Crippen LogP contribution in [0.2, 0.25) is 0 Å². The number of primary amides is 2. The van der Waals surface area contributed by atoms with Gasteiger partial charge in [-0.05, 0) is 30.2 Å². The van der Waals surface area contributed by atoms with E-state index in [1.807, 2.05) is 56.3 Å². The molecule has 3 aromatic rings. The smallest absolute Gasteiger partial charge is 0.271 e. The van der Waals surface area contributed by atoms with Crippen molar-refractivity contribution in [3.8, 4) is 11.3 Å². The number of hydrogen-bond acceptors (Lipinski definition) is 7. The molecule has 0 unspecified atom stereocenters. The number of rotatable bonds is 8. The zero-order valence-corrected chi connectivity index (χ0v) is 16.7. The summed E-state index contributed by atoms with van der Waals surface area (Å²) in [5, 5.41) is 6.01. The Labute approximate surface area is 173 Å². The molecule has 30 heavy (non-hydrogen) atoms. The maximum atomic E-state index is 11.8. The molecule has 0 spiro atoms. The lowest BCUT2D eigenvalue weighted by Crippen LogP contribution is -2.39. The molecular weight excluding hydrogens is 382 g/mol. The molecule has 0 saturated carbocycles. The van der Waals surface area contributed by atoms with E-state index in [1.165, 1.54) is 6.20 Å². The second kappa shape index (κ2) is 8.99. The average Bonchev–Trinajstić information content (AvgIpc) is 2.72. The van der Waals surface area contributed by atoms with Crippen LogP contribution in [0.1, 0.15) is 24.3 Å². The van der Waals surface area contributed by atoms with E-state index >= 15 is 0 Å². The second-order valence-electron chi connectivity index (χ2n) is 7.00. The van der Waals surface area contributed by atoms with Gasteiger partial charge in [0.2, 0.25) is 5.91 Å². The molecule has 0 aliphatic rings. The number of anilines is 3. The summed E-state index contributed by atoms with van der Waals surface area (Å²) >= 11 is 0. The molecule has 0 fully saturated rings. The van der Waals surface area contributed by atoms with Crippen molar-refractivity contribution < 1.29 is 9.59 Å². The fraction of sp³-hybridized carbons (Fsp3) is 0.190. The van der Waals surface area contributed by atoms with Gasteiger partial charge in [-0.1, -0.05) is 32.0 Å². The van der Waals surface area contributed by atoms with Gasteiger partial charge in [0.05, 0.1) is 11.9 Å². The van der Waals surface area contributed by atoms with Crippen molar-refractivity contribution in [2.45, 2.75) is 19.9 Å². The fourth-order valence-corrected chi connectivity index (χ4v) is 2.85. The number of nitrogens with one attached hydrogen (secondary N) is 2. The Morgan fingerprint density at radius 1 is 1.00 bits per heavy atom. The lowest BCUT2D eigenvalue weighted by atomic mass is 10.0. The summed E-state index contributed by atoms with van der Waals surface area (Å²) in [7, 11) is 0. The minimum Gasteiger partial charge on any atom is -0.368 e. The number of amides is 2. The molecule has 3 rings (SSSR count). The molecule has 0 bridgehead atoms. The van der Waals surface area contributed by atoms with Gasteiger partial charge >= 0.3 is 0 Å². The summed E-state index contributed by atoms with van der Waals surface area (Å²) in [6, 6.07) is 12.5. The first-order valence-electron chi connectivity index (χ1n) is 9.36. The van der Waals surface area contributed by atoms with E-state index in [0.29, 0.717) is 11.5 Å². The maximum Gasteiger partial charge on any atom is 0.271 e. The zero-order chi connectivity index (χ0) is 21.7. The van der Waals surface area contributed by atoms with Crippen LogP contribution in [0.3, 0.4) is 0 Å². The van der Waals surface area contributed by atoms with Crippen LogP contribution in [0.4, 0.5) is 17.3 Å². The van der Waals surface area contributed by atoms with E-state index in [-0.39, 0.29) is 17.4 Å². The summed E-state index contributed by atoms with van der Waals surface area (Å²) in [5.41, 5.74) is 13.3. The Hall–Kier alpha value is -4.01. The monoisotopic (exact) mass is 405 g/mol. The van der Waals surface area contributed by atoms with Crippen LogP contribution in [0.5, 0.6) is 0 Å². The summed E-state index contributed by atoms with van der Waals surface area (Å²) in [6.07, 6.45) is 3.07. The lowest BCUT2D eigenvalue weighted by molar-refractivity contribution is -0.119. The number of nitrogens with two attached hydrogens (primary N) is 2. The third-order valence-electron chi connectivity index (χ3n) is 4.39. The van der Waals surface area contributed by atoms with E-state index in [0.717, 1.165) is 11.3 Å². The van der Waals surface area contributed by atoms with Gasteiger partial charge in [-0.3, -0.25) is 14.6 Å². The Morgan fingerprint density at radius 3 is 2.30 bits per heavy atom. The molecule has 2 amide bonds. The van der Waals surface area contributed by atoms with Gasteiger partial charge in [0.25, 0.3) is 5.91 Å². The van der Waals surface area contributed by atoms with Gasteiger partial charge in [0, 0.05) is 17.4 Å². The molecule has 1 aromatic carbocycles. The minimum atomic E-state index is -0.725. The third kappa shape index (κ3) is 4.88. The van der Waals surface area contributed by atoms with Crippen LogP contribution in [0, 0.1) is 5.92 Å². The van der Waals surface area contributed by atoms with E-state index < -0.39 is 17.9 Å². The second-order valence-corrected chi connectivity index (χ2v) is 7.00. The standard InChI is InChI=1S/C21H23N7O2/c1-12(2)17(19(22)29)27-16-11-25-18(20(23)30)21(28-16)26-14-8-6-13(7-9-14)15-5-3-4-10-24-15/h3-12,17H,1-2H3,(H2,22,29)(H2,23,30)(H2,26,27,28)/t17-/m1/s1. The van der Waals surface area contributed by atoms with Crippen LogP contribution >= 0.6 is 0 Å². The predicted molar refractivity (Wildman–Crippen MR) is 115 cm³/mol. The normalized spacial score (nSPS) is 11.7. The molecule has 1 atom stereocenters. The third-order valence-corrected chi connectivity index (χ3v) is 4.39. The van der Waals surface area contributed by atoms with Crippen molar-refractivity contribution in [3.63, 3.8) is 0 Å². The van der Waals surface area contributed by atoms with Crippen LogP contribution < -0.4 is 22.1 Å². The molecule has 0 radical (unpaired) electrons. The molecule has 2 aromatic heterocycles. The van der Waals surface area contributed by atoms with Crippen LogP contribution in [0.25, 0.3) is 11.3 Å². The predicted octanol–water partition coefficient (Wildman–Crippen LogP) is 2.30. The van der Waals surface area contributed by atoms with Gasteiger partial charge < -0.3 is 22.1 Å². The van der Waals surface area contributed by atoms with Gasteiger partial charge in [-0.2, -0.15) is 0 Å². The Kier molecular flexibility index (Phi) is 6.21. The highest BCUT2D eigenvalue weighted by molar-refractivity contribution is 5.96. The number of carbonyl (C=O) groups excluding carboxylic acids is 2. The summed E-state index contributed by atoms with van der Waals surface area (Å²) in [4.78, 5) is 36.2. The summed E-state index contributed by atoms with van der Waals surface area (Å²) in [5.74, 6) is -0.826. The highest BCUT2D eigenvalue weighted by Crippen LogP contribution is 2.23. The Morgan fingerprint density at radius 2 is 1.73 bits per heavy atom. The highest BCUT2D eigenvalue weighted by atomic mass is 16.1. The number of hydrogen-bond donors (Lipinski definition) is 4. The number of pyridine rings is 1. The van der Waals surface area contributed by atoms with Crippen molar-refractivity contribution in [1.29, 1.82) is 0 Å². The largest absolute Gasteiger partial charge is 0.368 e. The Balaban J connectivity index is 1.86. The zero-order valence-electron chi connectivity index (χ0n) is 16.7. The van der Waals surface area contributed by atoms with E-state index in [2.05, 4.69) is 25.6 Å². The summed E-state index contributed by atoms with van der Waals surface area (Å²) in [6.45, 7) is 3.71. The molecule has 9 nitrogen and oxygen atoms in total. The molecule has 0 aliphatic heterocycles. The quantitative estimate of drug-likeness (QED) is 0.449. The first-order chi connectivity index (χ1) is 14.3. The molecular formula is C21H23N7O2. The van der Waals surface area contributed by atoms with Crippen LogP contribution in [0.15, 0.2) is 54.9 Å². The maximum absolute atomic E-state index is 11.8. The first kappa shape index (κ1) is 20.7. The molecule has 0 saturated heterocycles. The topological polar surface area (TPSA) is 149 Å². The minimum absolute atomic E-state index is 0.0190. The van der Waals surface area contributed by atoms with Crippen LogP contribution in [-0.2, 0) is 4.79 Å². The Bertz CT molecular complexity index is 1040. The molecule has 9 heteroatoms. The van der Waals surface area contributed by atoms with E-state index in [9.17, 15) is 9.59 Å². The van der Waals surface area contributed by atoms with Crippen LogP contribution in [-0.4, -0.2) is 32.8 Å². The molecule has 2 heterocycles. The number of carbonyl (C=O) groups is 2. The molecule has 154 valence electrons. The van der Waals surface area contributed by atoms with Crippen molar-refractivity contribution in [3.05, 3.63) is 60.6 Å². The SMILES string of the molecule is CC(C)[C@@H](Nc1cnc(C(N)=O)c(Nc2ccc(-c3ccccn3)cc2)n1)C(N)=O. The molecule has 0 aliphatic carbocycles. The number of aromatic nitrogens is 3. The van der Waals surface area contributed by atoms with Gasteiger partial charge in [-0.15, -0.1) is 0 Å². The van der Waals surface area contributed by atoms with Crippen molar-refractivity contribution in [2.24, 2.45) is 17.4 Å².